The molecule has 0 radical (unpaired) electrons. The van der Waals surface area contributed by atoms with Crippen molar-refractivity contribution in [2.24, 2.45) is 0 Å². The monoisotopic (exact) mass is 522 g/mol. The van der Waals surface area contributed by atoms with Gasteiger partial charge in [0.15, 0.2) is 0 Å². The molecule has 1 N–H and O–H groups in total. The molecule has 2 aliphatic heterocycles. The molecular weight excluding hydrogens is 495 g/mol. The summed E-state index contributed by atoms with van der Waals surface area (Å²) in [7, 11) is -4.44. The summed E-state index contributed by atoms with van der Waals surface area (Å²) in [6, 6.07) is 16.2. The van der Waals surface area contributed by atoms with Crippen molar-refractivity contribution in [2.45, 2.75) is 61.2 Å². The highest BCUT2D eigenvalue weighted by molar-refractivity contribution is 8.03. The number of rotatable bonds is 4. The minimum Gasteiger partial charge on any atom is -0.395 e. The van der Waals surface area contributed by atoms with Crippen molar-refractivity contribution in [3.8, 4) is 0 Å². The molecule has 0 saturated carbocycles. The Morgan fingerprint density at radius 3 is 1.57 bits per heavy atom. The Morgan fingerprint density at radius 2 is 1.09 bits per heavy atom. The summed E-state index contributed by atoms with van der Waals surface area (Å²) >= 11 is 3.50. The first-order valence-electron chi connectivity index (χ1n) is 12.2. The zero-order chi connectivity index (χ0) is 23.8. The summed E-state index contributed by atoms with van der Waals surface area (Å²) in [5, 5.41) is 0. The molecular formula is C28H27O4PS2. The summed E-state index contributed by atoms with van der Waals surface area (Å²) in [5.74, 6) is 0.926. The third kappa shape index (κ3) is 4.95. The Bertz CT molecular complexity index is 1250. The predicted octanol–water partition coefficient (Wildman–Crippen LogP) is 9.07. The second kappa shape index (κ2) is 9.74. The molecule has 2 aromatic carbocycles. The number of phosphoric ester groups is 1. The maximum atomic E-state index is 13.5. The zero-order valence-electron chi connectivity index (χ0n) is 19.4. The van der Waals surface area contributed by atoms with Crippen molar-refractivity contribution in [2.75, 3.05) is 0 Å². The lowest BCUT2D eigenvalue weighted by molar-refractivity contribution is 0.221. The largest absolute Gasteiger partial charge is 0.584 e. The van der Waals surface area contributed by atoms with E-state index in [0.717, 1.165) is 83.4 Å². The molecule has 0 fully saturated rings. The lowest BCUT2D eigenvalue weighted by atomic mass is 9.97. The molecule has 0 saturated heterocycles. The van der Waals surface area contributed by atoms with Crippen LogP contribution in [0.1, 0.15) is 62.5 Å². The molecule has 0 bridgehead atoms. The first-order valence-corrected chi connectivity index (χ1v) is 15.3. The summed E-state index contributed by atoms with van der Waals surface area (Å²) in [4.78, 5) is 15.8. The van der Waals surface area contributed by atoms with Gasteiger partial charge in [-0.25, -0.2) is 4.57 Å². The van der Waals surface area contributed by atoms with Crippen LogP contribution in [-0.4, -0.2) is 4.89 Å². The van der Waals surface area contributed by atoms with E-state index in [4.69, 9.17) is 9.05 Å². The number of phosphoric acid groups is 1. The minimum absolute atomic E-state index is 0.463. The van der Waals surface area contributed by atoms with Crippen molar-refractivity contribution in [3.05, 3.63) is 92.1 Å². The van der Waals surface area contributed by atoms with Crippen LogP contribution >= 0.6 is 31.3 Å². The van der Waals surface area contributed by atoms with Crippen LogP contribution in [-0.2, 0) is 13.6 Å². The number of hydrogen-bond donors (Lipinski definition) is 1. The second-order valence-corrected chi connectivity index (χ2v) is 12.7. The first-order chi connectivity index (χ1) is 17.1. The number of thioether (sulfide) groups is 2. The Balaban J connectivity index is 1.36. The summed E-state index contributed by atoms with van der Waals surface area (Å²) in [6.45, 7) is 0. The Labute approximate surface area is 214 Å². The van der Waals surface area contributed by atoms with Crippen LogP contribution < -0.4 is 0 Å². The molecule has 0 spiro atoms. The number of benzene rings is 2. The normalized spacial score (nSPS) is 19.8. The maximum Gasteiger partial charge on any atom is 0.584 e. The molecule has 6 rings (SSSR count). The van der Waals surface area contributed by atoms with Crippen molar-refractivity contribution in [1.29, 1.82) is 0 Å². The smallest absolute Gasteiger partial charge is 0.395 e. The lowest BCUT2D eigenvalue weighted by Gasteiger charge is -2.24. The van der Waals surface area contributed by atoms with Crippen LogP contribution in [0.5, 0.6) is 0 Å². The van der Waals surface area contributed by atoms with Gasteiger partial charge in [0.2, 0.25) is 0 Å². The first kappa shape index (κ1) is 23.3. The Hall–Kier alpha value is -2.11. The number of hydrogen-bond acceptors (Lipinski definition) is 5. The van der Waals surface area contributed by atoms with Crippen LogP contribution in [0, 0.1) is 0 Å². The zero-order valence-corrected chi connectivity index (χ0v) is 21.9. The van der Waals surface area contributed by atoms with Crippen molar-refractivity contribution >= 4 is 43.5 Å². The van der Waals surface area contributed by atoms with E-state index in [2.05, 4.69) is 12.1 Å². The fourth-order valence-corrected chi connectivity index (χ4v) is 8.36. The molecule has 180 valence electrons. The van der Waals surface area contributed by atoms with Crippen LogP contribution in [0.3, 0.4) is 0 Å². The van der Waals surface area contributed by atoms with E-state index >= 15 is 0 Å². The van der Waals surface area contributed by atoms with Gasteiger partial charge in [0.05, 0.1) is 0 Å². The molecule has 0 amide bonds. The molecule has 2 heterocycles. The molecule has 4 aliphatic rings. The summed E-state index contributed by atoms with van der Waals surface area (Å²) in [6.07, 6.45) is 11.7. The van der Waals surface area contributed by atoms with Gasteiger partial charge in [-0.15, -0.1) is 0 Å². The van der Waals surface area contributed by atoms with E-state index in [1.807, 2.05) is 48.6 Å². The number of fused-ring (bicyclic) bond motifs is 2. The highest BCUT2D eigenvalue weighted by Gasteiger charge is 2.34. The SMILES string of the molecule is O=P(O)(OC1=Cc2ccccc2SC2=C1CCCC2)OC1=Cc2ccccc2SC2=C1CCCC2. The average Bonchev–Trinajstić information content (AvgIpc) is 3.11. The van der Waals surface area contributed by atoms with Gasteiger partial charge in [-0.2, -0.15) is 0 Å². The molecule has 7 heteroatoms. The average molecular weight is 523 g/mol. The van der Waals surface area contributed by atoms with Crippen LogP contribution in [0.25, 0.3) is 12.2 Å². The highest BCUT2D eigenvalue weighted by Crippen LogP contribution is 2.56. The van der Waals surface area contributed by atoms with E-state index in [-0.39, 0.29) is 0 Å². The summed E-state index contributed by atoms with van der Waals surface area (Å²) in [5.41, 5.74) is 4.06. The van der Waals surface area contributed by atoms with Gasteiger partial charge in [-0.3, -0.25) is 4.89 Å². The van der Waals surface area contributed by atoms with Gasteiger partial charge in [0.1, 0.15) is 11.5 Å². The van der Waals surface area contributed by atoms with E-state index in [9.17, 15) is 9.46 Å². The Kier molecular flexibility index (Phi) is 6.48. The number of allylic oxidation sites excluding steroid dienone is 4. The highest BCUT2D eigenvalue weighted by atomic mass is 32.2. The minimum atomic E-state index is -4.44. The van der Waals surface area contributed by atoms with Crippen molar-refractivity contribution in [1.82, 2.24) is 0 Å². The van der Waals surface area contributed by atoms with E-state index in [0.29, 0.717) is 11.5 Å². The molecule has 0 aromatic heterocycles. The van der Waals surface area contributed by atoms with Gasteiger partial charge in [-0.1, -0.05) is 59.9 Å². The molecule has 2 aromatic rings. The molecule has 0 unspecified atom stereocenters. The quantitative estimate of drug-likeness (QED) is 0.404. The maximum absolute atomic E-state index is 13.5. The fraction of sp³-hybridized carbons (Fsp3) is 0.286. The lowest BCUT2D eigenvalue weighted by Crippen LogP contribution is -2.06. The fourth-order valence-electron chi connectivity index (χ4n) is 5.04. The summed E-state index contributed by atoms with van der Waals surface area (Å²) < 4.78 is 25.3. The Morgan fingerprint density at radius 1 is 0.657 bits per heavy atom. The van der Waals surface area contributed by atoms with Crippen LogP contribution in [0.4, 0.5) is 0 Å². The van der Waals surface area contributed by atoms with Crippen molar-refractivity contribution in [3.63, 3.8) is 0 Å². The molecule has 0 atom stereocenters. The van der Waals surface area contributed by atoms with E-state index < -0.39 is 7.82 Å². The van der Waals surface area contributed by atoms with E-state index in [1.54, 1.807) is 23.5 Å². The molecule has 2 aliphatic carbocycles. The topological polar surface area (TPSA) is 55.8 Å². The van der Waals surface area contributed by atoms with E-state index in [1.165, 1.54) is 9.81 Å². The van der Waals surface area contributed by atoms with Crippen molar-refractivity contribution < 1.29 is 18.5 Å². The molecule has 35 heavy (non-hydrogen) atoms. The van der Waals surface area contributed by atoms with Gasteiger partial charge < -0.3 is 9.05 Å². The van der Waals surface area contributed by atoms with Crippen LogP contribution in [0.2, 0.25) is 0 Å². The second-order valence-electron chi connectivity index (χ2n) is 9.17. The third-order valence-electron chi connectivity index (χ3n) is 6.73. The third-order valence-corrected chi connectivity index (χ3v) is 10.2. The van der Waals surface area contributed by atoms with Gasteiger partial charge >= 0.3 is 7.82 Å². The van der Waals surface area contributed by atoms with Gasteiger partial charge in [0.25, 0.3) is 0 Å². The van der Waals surface area contributed by atoms with Gasteiger partial charge in [0, 0.05) is 20.9 Å². The standard InChI is InChI=1S/C28H27O4PS2/c29-33(30,31-23-17-19-9-1-5-13-25(19)34-27-15-7-3-11-21(23)27)32-24-18-20-10-2-6-14-26(20)35-28-16-8-4-12-22(24)28/h1-2,5-6,9-10,13-14,17-18H,3-4,7-8,11-12,15-16H2,(H,29,30). The van der Waals surface area contributed by atoms with Crippen LogP contribution in [0.15, 0.2) is 90.8 Å². The predicted molar refractivity (Wildman–Crippen MR) is 144 cm³/mol. The van der Waals surface area contributed by atoms with Gasteiger partial charge in [-0.05, 0) is 96.6 Å². The molecule has 4 nitrogen and oxygen atoms in total.